The Morgan fingerprint density at radius 1 is 1.07 bits per heavy atom. The summed E-state index contributed by atoms with van der Waals surface area (Å²) < 4.78 is 0. The summed E-state index contributed by atoms with van der Waals surface area (Å²) in [6.07, 6.45) is 1.57. The molecule has 0 fully saturated rings. The summed E-state index contributed by atoms with van der Waals surface area (Å²) in [6, 6.07) is 6.83. The van der Waals surface area contributed by atoms with E-state index in [0.717, 1.165) is 0 Å². The third-order valence-corrected chi connectivity index (χ3v) is 2.49. The van der Waals surface area contributed by atoms with Crippen LogP contribution in [0.15, 0.2) is 30.5 Å². The third-order valence-electron chi connectivity index (χ3n) is 1.86. The van der Waals surface area contributed by atoms with Crippen LogP contribution in [0, 0.1) is 0 Å². The molecule has 1 aromatic heterocycles. The fourth-order valence-corrected chi connectivity index (χ4v) is 1.77. The van der Waals surface area contributed by atoms with Gasteiger partial charge in [-0.15, -0.1) is 0 Å². The van der Waals surface area contributed by atoms with E-state index in [0.29, 0.717) is 27.3 Å². The van der Waals surface area contributed by atoms with Gasteiger partial charge in [0.25, 0.3) is 0 Å². The predicted octanol–water partition coefficient (Wildman–Crippen LogP) is 3.03. The number of nitrogens with two attached hydrogens (primary N) is 1. The van der Waals surface area contributed by atoms with Gasteiger partial charge >= 0.3 is 0 Å². The average molecular weight is 240 g/mol. The first kappa shape index (κ1) is 10.2. The molecule has 1 aromatic carbocycles. The smallest absolute Gasteiger partial charge is 0.164 e. The number of nitrogens with zero attached hydrogens (tertiary/aromatic N) is 2. The van der Waals surface area contributed by atoms with Crippen LogP contribution < -0.4 is 5.73 Å². The van der Waals surface area contributed by atoms with Gasteiger partial charge in [-0.25, -0.2) is 9.97 Å². The molecule has 0 spiro atoms. The molecule has 5 heteroatoms. The molecule has 0 bridgehead atoms. The predicted molar refractivity (Wildman–Crippen MR) is 61.9 cm³/mol. The van der Waals surface area contributed by atoms with Crippen LogP contribution in [0.5, 0.6) is 0 Å². The number of aromatic nitrogens is 2. The maximum absolute atomic E-state index is 6.01. The molecule has 0 aliphatic carbocycles. The number of anilines is 1. The van der Waals surface area contributed by atoms with Crippen molar-refractivity contribution < 1.29 is 0 Å². The van der Waals surface area contributed by atoms with Crippen molar-refractivity contribution in [2.75, 3.05) is 5.73 Å². The van der Waals surface area contributed by atoms with E-state index in [9.17, 15) is 0 Å². The summed E-state index contributed by atoms with van der Waals surface area (Å²) in [5.41, 5.74) is 6.16. The Kier molecular flexibility index (Phi) is 2.75. The van der Waals surface area contributed by atoms with Crippen LogP contribution in [-0.4, -0.2) is 9.97 Å². The van der Waals surface area contributed by atoms with Gasteiger partial charge in [-0.3, -0.25) is 0 Å². The normalized spacial score (nSPS) is 10.3. The molecule has 76 valence electrons. The second-order valence-electron chi connectivity index (χ2n) is 2.90. The maximum Gasteiger partial charge on any atom is 0.164 e. The molecule has 3 nitrogen and oxygen atoms in total. The molecule has 15 heavy (non-hydrogen) atoms. The number of rotatable bonds is 1. The second-order valence-corrected chi connectivity index (χ2v) is 3.72. The highest BCUT2D eigenvalue weighted by molar-refractivity contribution is 6.38. The quantitative estimate of drug-likeness (QED) is 0.833. The Balaban J connectivity index is 2.63. The Bertz CT molecular complexity index is 480. The van der Waals surface area contributed by atoms with Crippen molar-refractivity contribution in [2.24, 2.45) is 0 Å². The average Bonchev–Trinajstić information content (AvgIpc) is 2.17. The third kappa shape index (κ3) is 2.03. The fourth-order valence-electron chi connectivity index (χ4n) is 1.20. The van der Waals surface area contributed by atoms with Gasteiger partial charge in [0.2, 0.25) is 0 Å². The van der Waals surface area contributed by atoms with Crippen LogP contribution in [-0.2, 0) is 0 Å². The molecule has 0 saturated heterocycles. The lowest BCUT2D eigenvalue weighted by Gasteiger charge is -2.05. The minimum absolute atomic E-state index is 0.385. The molecule has 0 aliphatic rings. The van der Waals surface area contributed by atoms with Crippen molar-refractivity contribution in [3.63, 3.8) is 0 Å². The summed E-state index contributed by atoms with van der Waals surface area (Å²) in [5, 5.41) is 1.02. The molecule has 2 aromatic rings. The van der Waals surface area contributed by atoms with Gasteiger partial charge in [0, 0.05) is 6.20 Å². The van der Waals surface area contributed by atoms with Gasteiger partial charge in [0.15, 0.2) is 5.82 Å². The maximum atomic E-state index is 6.01. The Labute approximate surface area is 96.9 Å². The summed E-state index contributed by atoms with van der Waals surface area (Å²) in [6.45, 7) is 0. The Hall–Kier alpha value is -1.32. The first-order valence-corrected chi connectivity index (χ1v) is 4.97. The highest BCUT2D eigenvalue weighted by Gasteiger charge is 2.10. The first-order chi connectivity index (χ1) is 7.18. The van der Waals surface area contributed by atoms with E-state index in [2.05, 4.69) is 9.97 Å². The van der Waals surface area contributed by atoms with Crippen molar-refractivity contribution in [3.8, 4) is 11.4 Å². The van der Waals surface area contributed by atoms with Crippen LogP contribution >= 0.6 is 23.2 Å². The number of halogens is 2. The zero-order valence-corrected chi connectivity index (χ0v) is 9.13. The molecule has 2 rings (SSSR count). The molecule has 0 aliphatic heterocycles. The number of nitrogen functional groups attached to an aromatic ring is 1. The Morgan fingerprint density at radius 3 is 2.33 bits per heavy atom. The minimum atomic E-state index is 0.385. The lowest BCUT2D eigenvalue weighted by Crippen LogP contribution is -1.95. The Morgan fingerprint density at radius 2 is 1.73 bits per heavy atom. The van der Waals surface area contributed by atoms with E-state index in [4.69, 9.17) is 28.9 Å². The van der Waals surface area contributed by atoms with Gasteiger partial charge in [-0.05, 0) is 18.2 Å². The first-order valence-electron chi connectivity index (χ1n) is 4.21. The lowest BCUT2D eigenvalue weighted by molar-refractivity contribution is 1.18. The molecular weight excluding hydrogens is 233 g/mol. The molecule has 0 atom stereocenters. The van der Waals surface area contributed by atoms with Crippen molar-refractivity contribution in [1.29, 1.82) is 0 Å². The minimum Gasteiger partial charge on any atom is -0.384 e. The summed E-state index contributed by atoms with van der Waals surface area (Å²) in [5.74, 6) is 0.821. The molecule has 2 N–H and O–H groups in total. The molecular formula is C10H7Cl2N3. The summed E-state index contributed by atoms with van der Waals surface area (Å²) in [7, 11) is 0. The largest absolute Gasteiger partial charge is 0.384 e. The topological polar surface area (TPSA) is 51.8 Å². The van der Waals surface area contributed by atoms with Gasteiger partial charge in [-0.1, -0.05) is 29.3 Å². The van der Waals surface area contributed by atoms with Crippen molar-refractivity contribution in [2.45, 2.75) is 0 Å². The second kappa shape index (κ2) is 4.04. The fraction of sp³-hybridized carbons (Fsp3) is 0. The van der Waals surface area contributed by atoms with Gasteiger partial charge < -0.3 is 5.73 Å². The van der Waals surface area contributed by atoms with Crippen LogP contribution in [0.3, 0.4) is 0 Å². The summed E-state index contributed by atoms with van der Waals surface area (Å²) >= 11 is 12.0. The van der Waals surface area contributed by atoms with Crippen LogP contribution in [0.1, 0.15) is 0 Å². The monoisotopic (exact) mass is 239 g/mol. The molecule has 1 heterocycles. The van der Waals surface area contributed by atoms with Gasteiger partial charge in [0.1, 0.15) is 5.82 Å². The molecule has 0 amide bonds. The lowest BCUT2D eigenvalue weighted by atomic mass is 10.2. The number of hydrogen-bond donors (Lipinski definition) is 1. The van der Waals surface area contributed by atoms with E-state index in [1.54, 1.807) is 30.5 Å². The van der Waals surface area contributed by atoms with E-state index in [1.165, 1.54) is 0 Å². The molecule has 0 unspecified atom stereocenters. The van der Waals surface area contributed by atoms with Gasteiger partial charge in [-0.2, -0.15) is 0 Å². The standard InChI is InChI=1S/C10H7Cl2N3/c11-6-2-1-3-7(12)9(6)10-14-5-4-8(13)15-10/h1-5H,(H2,13,14,15). The van der Waals surface area contributed by atoms with Crippen molar-refractivity contribution in [3.05, 3.63) is 40.5 Å². The highest BCUT2D eigenvalue weighted by Crippen LogP contribution is 2.32. The SMILES string of the molecule is Nc1ccnc(-c2c(Cl)cccc2Cl)n1. The van der Waals surface area contributed by atoms with E-state index >= 15 is 0 Å². The number of benzene rings is 1. The van der Waals surface area contributed by atoms with Crippen LogP contribution in [0.4, 0.5) is 5.82 Å². The van der Waals surface area contributed by atoms with Gasteiger partial charge in [0.05, 0.1) is 15.6 Å². The van der Waals surface area contributed by atoms with E-state index < -0.39 is 0 Å². The van der Waals surface area contributed by atoms with Crippen molar-refractivity contribution >= 4 is 29.0 Å². The molecule has 0 radical (unpaired) electrons. The zero-order chi connectivity index (χ0) is 10.8. The van der Waals surface area contributed by atoms with Crippen LogP contribution in [0.25, 0.3) is 11.4 Å². The highest BCUT2D eigenvalue weighted by atomic mass is 35.5. The number of hydrogen-bond acceptors (Lipinski definition) is 3. The van der Waals surface area contributed by atoms with Crippen molar-refractivity contribution in [1.82, 2.24) is 9.97 Å². The van der Waals surface area contributed by atoms with Crippen LogP contribution in [0.2, 0.25) is 10.0 Å². The zero-order valence-electron chi connectivity index (χ0n) is 7.61. The summed E-state index contributed by atoms with van der Waals surface area (Å²) in [4.78, 5) is 8.13. The molecule has 0 saturated carbocycles. The van der Waals surface area contributed by atoms with E-state index in [1.807, 2.05) is 0 Å². The van der Waals surface area contributed by atoms with E-state index in [-0.39, 0.29) is 0 Å².